The zero-order valence-electron chi connectivity index (χ0n) is 10.2. The Morgan fingerprint density at radius 1 is 1.00 bits per heavy atom. The maximum Gasteiger partial charge on any atom is 0.0620 e. The monoisotopic (exact) mass is 224 g/mol. The molecule has 1 N–H and O–H groups in total. The Hall–Kier alpha value is -0.120. The summed E-state index contributed by atoms with van der Waals surface area (Å²) in [4.78, 5) is 2.72. The van der Waals surface area contributed by atoms with Crippen LogP contribution in [0.2, 0.25) is 0 Å². The smallest absolute Gasteiger partial charge is 0.0620 e. The van der Waals surface area contributed by atoms with Crippen LogP contribution in [0.4, 0.5) is 0 Å². The van der Waals surface area contributed by atoms with Crippen molar-refractivity contribution in [3.05, 3.63) is 0 Å². The lowest BCUT2D eigenvalue weighted by atomic mass is 10.2. The predicted octanol–water partition coefficient (Wildman–Crippen LogP) is 1.38. The summed E-state index contributed by atoms with van der Waals surface area (Å²) in [5.41, 5.74) is 0. The number of ether oxygens (including phenoxy) is 1. The van der Waals surface area contributed by atoms with Crippen molar-refractivity contribution in [1.82, 2.24) is 10.2 Å². The van der Waals surface area contributed by atoms with E-state index < -0.39 is 0 Å². The summed E-state index contributed by atoms with van der Waals surface area (Å²) in [7, 11) is 0. The lowest BCUT2D eigenvalue weighted by molar-refractivity contribution is 0.186. The Kier molecular flexibility index (Phi) is 3.46. The van der Waals surface area contributed by atoms with Crippen molar-refractivity contribution in [2.75, 3.05) is 26.3 Å². The molecule has 92 valence electrons. The molecule has 0 radical (unpaired) electrons. The van der Waals surface area contributed by atoms with Crippen molar-refractivity contribution in [3.8, 4) is 0 Å². The van der Waals surface area contributed by atoms with Crippen molar-refractivity contribution in [3.63, 3.8) is 0 Å². The van der Waals surface area contributed by atoms with Gasteiger partial charge in [-0.05, 0) is 25.7 Å². The van der Waals surface area contributed by atoms with Crippen LogP contribution in [0.25, 0.3) is 0 Å². The van der Waals surface area contributed by atoms with Gasteiger partial charge in [0.1, 0.15) is 0 Å². The molecule has 2 saturated heterocycles. The maximum atomic E-state index is 5.42. The van der Waals surface area contributed by atoms with Gasteiger partial charge in [-0.25, -0.2) is 0 Å². The topological polar surface area (TPSA) is 24.5 Å². The highest BCUT2D eigenvalue weighted by atomic mass is 16.5. The lowest BCUT2D eigenvalue weighted by Crippen LogP contribution is -2.41. The Bertz CT molecular complexity index is 222. The second-order valence-corrected chi connectivity index (χ2v) is 5.65. The van der Waals surface area contributed by atoms with Crippen LogP contribution in [0, 0.1) is 0 Å². The first-order chi connectivity index (χ1) is 7.92. The van der Waals surface area contributed by atoms with Crippen LogP contribution in [0.1, 0.15) is 38.5 Å². The molecule has 0 bridgehead atoms. The van der Waals surface area contributed by atoms with Gasteiger partial charge in [-0.1, -0.05) is 12.8 Å². The van der Waals surface area contributed by atoms with Crippen molar-refractivity contribution in [1.29, 1.82) is 0 Å². The number of hydrogen-bond acceptors (Lipinski definition) is 3. The molecule has 1 saturated carbocycles. The standard InChI is InChI=1S/C13H24N2O/c1-2-4-13(3-1)15-7-5-11(9-15)14-12-6-8-16-10-12/h11-14H,1-10H2. The fourth-order valence-electron chi connectivity index (χ4n) is 3.52. The minimum atomic E-state index is 0.633. The number of nitrogens with zero attached hydrogens (tertiary/aromatic N) is 1. The van der Waals surface area contributed by atoms with E-state index in [2.05, 4.69) is 10.2 Å². The first-order valence-electron chi connectivity index (χ1n) is 6.99. The zero-order chi connectivity index (χ0) is 10.8. The number of nitrogens with one attached hydrogen (secondary N) is 1. The van der Waals surface area contributed by atoms with Crippen LogP contribution in [0.15, 0.2) is 0 Å². The highest BCUT2D eigenvalue weighted by Crippen LogP contribution is 2.26. The largest absolute Gasteiger partial charge is 0.380 e. The summed E-state index contributed by atoms with van der Waals surface area (Å²) in [6.07, 6.45) is 8.34. The molecule has 3 nitrogen and oxygen atoms in total. The van der Waals surface area contributed by atoms with Crippen LogP contribution >= 0.6 is 0 Å². The molecule has 3 rings (SSSR count). The summed E-state index contributed by atoms with van der Waals surface area (Å²) in [6, 6.07) is 2.27. The van der Waals surface area contributed by atoms with Crippen molar-refractivity contribution in [2.24, 2.45) is 0 Å². The molecule has 16 heavy (non-hydrogen) atoms. The van der Waals surface area contributed by atoms with E-state index in [-0.39, 0.29) is 0 Å². The quantitative estimate of drug-likeness (QED) is 0.784. The summed E-state index contributed by atoms with van der Waals surface area (Å²) in [5, 5.41) is 3.76. The van der Waals surface area contributed by atoms with Crippen LogP contribution in [-0.4, -0.2) is 49.3 Å². The van der Waals surface area contributed by atoms with Gasteiger partial charge < -0.3 is 10.1 Å². The third-order valence-corrected chi connectivity index (χ3v) is 4.46. The SMILES string of the molecule is C1CCC(N2CCC(NC3CCOC3)C2)C1. The highest BCUT2D eigenvalue weighted by molar-refractivity contribution is 4.89. The van der Waals surface area contributed by atoms with Gasteiger partial charge in [0.05, 0.1) is 6.61 Å². The molecule has 0 aromatic rings. The molecule has 0 amide bonds. The lowest BCUT2D eigenvalue weighted by Gasteiger charge is -2.24. The molecule has 2 aliphatic heterocycles. The third kappa shape index (κ3) is 2.41. The second-order valence-electron chi connectivity index (χ2n) is 5.65. The van der Waals surface area contributed by atoms with Gasteiger partial charge in [0.2, 0.25) is 0 Å². The van der Waals surface area contributed by atoms with E-state index >= 15 is 0 Å². The molecular weight excluding hydrogens is 200 g/mol. The van der Waals surface area contributed by atoms with Gasteiger partial charge >= 0.3 is 0 Å². The molecular formula is C13H24N2O. The van der Waals surface area contributed by atoms with Crippen LogP contribution < -0.4 is 5.32 Å². The maximum absolute atomic E-state index is 5.42. The zero-order valence-corrected chi connectivity index (χ0v) is 10.2. The third-order valence-electron chi connectivity index (χ3n) is 4.46. The first kappa shape index (κ1) is 11.0. The van der Waals surface area contributed by atoms with E-state index in [0.717, 1.165) is 25.3 Å². The van der Waals surface area contributed by atoms with Gasteiger partial charge in [0.25, 0.3) is 0 Å². The Balaban J connectivity index is 1.45. The van der Waals surface area contributed by atoms with Crippen LogP contribution in [0.3, 0.4) is 0 Å². The first-order valence-corrected chi connectivity index (χ1v) is 6.99. The van der Waals surface area contributed by atoms with Crippen molar-refractivity contribution >= 4 is 0 Å². The van der Waals surface area contributed by atoms with Gasteiger partial charge in [-0.3, -0.25) is 4.90 Å². The molecule has 3 heteroatoms. The van der Waals surface area contributed by atoms with Crippen molar-refractivity contribution in [2.45, 2.75) is 56.7 Å². The van der Waals surface area contributed by atoms with E-state index in [1.54, 1.807) is 0 Å². The van der Waals surface area contributed by atoms with Gasteiger partial charge in [-0.15, -0.1) is 0 Å². The van der Waals surface area contributed by atoms with E-state index in [4.69, 9.17) is 4.74 Å². The fourth-order valence-corrected chi connectivity index (χ4v) is 3.52. The molecule has 0 aromatic carbocycles. The molecule has 3 aliphatic rings. The average Bonchev–Trinajstić information content (AvgIpc) is 2.99. The van der Waals surface area contributed by atoms with Crippen LogP contribution in [0.5, 0.6) is 0 Å². The van der Waals surface area contributed by atoms with Gasteiger partial charge in [0.15, 0.2) is 0 Å². The van der Waals surface area contributed by atoms with Gasteiger partial charge in [0, 0.05) is 37.8 Å². The number of likely N-dealkylation sites (tertiary alicyclic amines) is 1. The number of hydrogen-bond donors (Lipinski definition) is 1. The Morgan fingerprint density at radius 2 is 1.88 bits per heavy atom. The summed E-state index contributed by atoms with van der Waals surface area (Å²) < 4.78 is 5.42. The Morgan fingerprint density at radius 3 is 2.62 bits per heavy atom. The summed E-state index contributed by atoms with van der Waals surface area (Å²) in [6.45, 7) is 4.48. The van der Waals surface area contributed by atoms with E-state index in [9.17, 15) is 0 Å². The molecule has 0 aromatic heterocycles. The molecule has 0 spiro atoms. The Labute approximate surface area is 98.5 Å². The highest BCUT2D eigenvalue weighted by Gasteiger charge is 2.31. The normalized spacial score (nSPS) is 37.5. The van der Waals surface area contributed by atoms with Crippen molar-refractivity contribution < 1.29 is 4.74 Å². The molecule has 1 aliphatic carbocycles. The number of rotatable bonds is 3. The van der Waals surface area contributed by atoms with E-state index in [0.29, 0.717) is 6.04 Å². The summed E-state index contributed by atoms with van der Waals surface area (Å²) in [5.74, 6) is 0. The molecule has 2 heterocycles. The van der Waals surface area contributed by atoms with E-state index in [1.807, 2.05) is 0 Å². The minimum absolute atomic E-state index is 0.633. The fraction of sp³-hybridized carbons (Fsp3) is 1.00. The van der Waals surface area contributed by atoms with Gasteiger partial charge in [-0.2, -0.15) is 0 Å². The van der Waals surface area contributed by atoms with Crippen LogP contribution in [-0.2, 0) is 4.74 Å². The molecule has 2 unspecified atom stereocenters. The average molecular weight is 224 g/mol. The minimum Gasteiger partial charge on any atom is -0.380 e. The molecule has 3 fully saturated rings. The second kappa shape index (κ2) is 5.03. The van der Waals surface area contributed by atoms with E-state index in [1.165, 1.54) is 51.6 Å². The predicted molar refractivity (Wildman–Crippen MR) is 64.6 cm³/mol. The summed E-state index contributed by atoms with van der Waals surface area (Å²) >= 11 is 0. The molecule has 2 atom stereocenters.